The van der Waals surface area contributed by atoms with Gasteiger partial charge >= 0.3 is 5.97 Å². The lowest BCUT2D eigenvalue weighted by molar-refractivity contribution is 0.0696. The van der Waals surface area contributed by atoms with Crippen LogP contribution in [0.1, 0.15) is 21.5 Å². The Morgan fingerprint density at radius 1 is 1.11 bits per heavy atom. The topological polar surface area (TPSA) is 82.2 Å². The van der Waals surface area contributed by atoms with E-state index < -0.39 is 11.5 Å². The number of carboxylic acids is 1. The minimum absolute atomic E-state index is 0.0457. The molecule has 5 heteroatoms. The van der Waals surface area contributed by atoms with Crippen molar-refractivity contribution in [2.75, 3.05) is 5.32 Å². The molecule has 0 aliphatic rings. The van der Waals surface area contributed by atoms with Gasteiger partial charge in [0.25, 0.3) is 0 Å². The van der Waals surface area contributed by atoms with Crippen LogP contribution in [0.2, 0.25) is 0 Å². The monoisotopic (exact) mass is 258 g/mol. The highest BCUT2D eigenvalue weighted by atomic mass is 16.4. The number of nitrogens with one attached hydrogen (secondary N) is 2. The van der Waals surface area contributed by atoms with Gasteiger partial charge in [0, 0.05) is 11.8 Å². The predicted octanol–water partition coefficient (Wildman–Crippen LogP) is 2.43. The molecule has 3 N–H and O–H groups in total. The average molecular weight is 258 g/mol. The van der Waals surface area contributed by atoms with Crippen molar-refractivity contribution in [2.24, 2.45) is 0 Å². The summed E-state index contributed by atoms with van der Waals surface area (Å²) in [7, 11) is 0. The molecule has 5 nitrogen and oxygen atoms in total. The molecule has 0 saturated carbocycles. The first-order valence-corrected chi connectivity index (χ1v) is 5.77. The van der Waals surface area contributed by atoms with E-state index in [2.05, 4.69) is 10.3 Å². The Kier molecular flexibility index (Phi) is 3.37. The molecule has 19 heavy (non-hydrogen) atoms. The summed E-state index contributed by atoms with van der Waals surface area (Å²) >= 11 is 0. The van der Waals surface area contributed by atoms with Crippen LogP contribution < -0.4 is 10.9 Å². The summed E-state index contributed by atoms with van der Waals surface area (Å²) in [6.45, 7) is 3.93. The Bertz CT molecular complexity index is 669. The maximum atomic E-state index is 11.4. The van der Waals surface area contributed by atoms with E-state index in [1.54, 1.807) is 0 Å². The highest BCUT2D eigenvalue weighted by Crippen LogP contribution is 2.18. The smallest absolute Gasteiger partial charge is 0.336 e. The number of aryl methyl sites for hydroxylation is 2. The number of aromatic amines is 1. The van der Waals surface area contributed by atoms with E-state index in [1.807, 2.05) is 32.0 Å². The van der Waals surface area contributed by atoms with Gasteiger partial charge in [0.2, 0.25) is 5.56 Å². The van der Waals surface area contributed by atoms with E-state index in [0.717, 1.165) is 22.9 Å². The molecule has 0 aliphatic heterocycles. The Labute approximate surface area is 109 Å². The molecule has 98 valence electrons. The number of hydrogen-bond acceptors (Lipinski definition) is 3. The van der Waals surface area contributed by atoms with E-state index in [-0.39, 0.29) is 5.56 Å². The van der Waals surface area contributed by atoms with Crippen LogP contribution in [0.15, 0.2) is 35.1 Å². The maximum absolute atomic E-state index is 11.4. The molecule has 2 rings (SSSR count). The maximum Gasteiger partial charge on any atom is 0.336 e. The normalized spacial score (nSPS) is 10.2. The van der Waals surface area contributed by atoms with Crippen LogP contribution in [0.4, 0.5) is 11.5 Å². The molecule has 0 fully saturated rings. The number of rotatable bonds is 3. The minimum atomic E-state index is -1.13. The van der Waals surface area contributed by atoms with Crippen molar-refractivity contribution in [1.82, 2.24) is 4.98 Å². The third-order valence-electron chi connectivity index (χ3n) is 2.59. The van der Waals surface area contributed by atoms with E-state index in [9.17, 15) is 9.59 Å². The number of carboxylic acid groups (broad SMARTS) is 1. The van der Waals surface area contributed by atoms with Crippen molar-refractivity contribution in [3.63, 3.8) is 0 Å². The quantitative estimate of drug-likeness (QED) is 0.789. The van der Waals surface area contributed by atoms with E-state index in [4.69, 9.17) is 5.11 Å². The van der Waals surface area contributed by atoms with E-state index >= 15 is 0 Å². The summed E-state index contributed by atoms with van der Waals surface area (Å²) in [4.78, 5) is 24.8. The number of hydrogen-bond donors (Lipinski definition) is 3. The molecule has 1 heterocycles. The molecule has 0 unspecified atom stereocenters. The van der Waals surface area contributed by atoms with Gasteiger partial charge in [-0.25, -0.2) is 4.79 Å². The van der Waals surface area contributed by atoms with Crippen LogP contribution in [0.3, 0.4) is 0 Å². The number of aromatic carboxylic acids is 1. The minimum Gasteiger partial charge on any atom is -0.478 e. The third-order valence-corrected chi connectivity index (χ3v) is 2.59. The Morgan fingerprint density at radius 2 is 1.74 bits per heavy atom. The summed E-state index contributed by atoms with van der Waals surface area (Å²) in [5, 5.41) is 11.9. The van der Waals surface area contributed by atoms with Crippen molar-refractivity contribution >= 4 is 17.5 Å². The summed E-state index contributed by atoms with van der Waals surface area (Å²) in [6, 6.07) is 8.30. The van der Waals surface area contributed by atoms with E-state index in [1.165, 1.54) is 6.07 Å². The van der Waals surface area contributed by atoms with Crippen molar-refractivity contribution in [3.05, 3.63) is 57.4 Å². The number of H-pyrrole nitrogens is 1. The molecule has 2 aromatic rings. The van der Waals surface area contributed by atoms with E-state index in [0.29, 0.717) is 5.82 Å². The van der Waals surface area contributed by atoms with Crippen LogP contribution in [-0.2, 0) is 0 Å². The lowest BCUT2D eigenvalue weighted by Gasteiger charge is -2.09. The standard InChI is InChI=1S/C14H14N2O3/c1-8-3-9(2)5-11(4-8)15-12-6-10(14(18)19)7-13(17)16-12/h3-7H,1-2H3,(H,18,19)(H2,15,16,17). The second kappa shape index (κ2) is 4.97. The third kappa shape index (κ3) is 3.22. The highest BCUT2D eigenvalue weighted by molar-refractivity contribution is 5.88. The Morgan fingerprint density at radius 3 is 2.32 bits per heavy atom. The van der Waals surface area contributed by atoms with Gasteiger partial charge in [0.05, 0.1) is 5.56 Å². The summed E-state index contributed by atoms with van der Waals surface area (Å²) < 4.78 is 0. The Balaban J connectivity index is 2.37. The fourth-order valence-electron chi connectivity index (χ4n) is 1.94. The molecule has 0 amide bonds. The van der Waals surface area contributed by atoms with Crippen molar-refractivity contribution in [1.29, 1.82) is 0 Å². The van der Waals surface area contributed by atoms with Crippen LogP contribution in [0.5, 0.6) is 0 Å². The van der Waals surface area contributed by atoms with Crippen molar-refractivity contribution in [2.45, 2.75) is 13.8 Å². The average Bonchev–Trinajstić information content (AvgIpc) is 2.26. The number of pyridine rings is 1. The fourth-order valence-corrected chi connectivity index (χ4v) is 1.94. The summed E-state index contributed by atoms with van der Waals surface area (Å²) in [5.41, 5.74) is 2.47. The molecular weight excluding hydrogens is 244 g/mol. The van der Waals surface area contributed by atoms with Gasteiger partial charge in [-0.15, -0.1) is 0 Å². The lowest BCUT2D eigenvalue weighted by Crippen LogP contribution is -2.11. The van der Waals surface area contributed by atoms with Gasteiger partial charge in [-0.05, 0) is 43.2 Å². The predicted molar refractivity (Wildman–Crippen MR) is 73.2 cm³/mol. The molecule has 0 atom stereocenters. The molecule has 0 radical (unpaired) electrons. The molecule has 0 bridgehead atoms. The van der Waals surface area contributed by atoms with Gasteiger partial charge in [0.1, 0.15) is 5.82 Å². The molecular formula is C14H14N2O3. The SMILES string of the molecule is Cc1cc(C)cc(Nc2cc(C(=O)O)cc(=O)[nH]2)c1. The zero-order valence-corrected chi connectivity index (χ0v) is 10.7. The molecule has 1 aromatic carbocycles. The highest BCUT2D eigenvalue weighted by Gasteiger charge is 2.06. The number of carbonyl (C=O) groups is 1. The van der Waals surface area contributed by atoms with Crippen molar-refractivity contribution in [3.8, 4) is 0 Å². The number of aromatic nitrogens is 1. The van der Waals surface area contributed by atoms with Gasteiger partial charge in [-0.1, -0.05) is 6.07 Å². The first kappa shape index (κ1) is 12.9. The van der Waals surface area contributed by atoms with Crippen LogP contribution >= 0.6 is 0 Å². The molecule has 0 spiro atoms. The van der Waals surface area contributed by atoms with Gasteiger partial charge in [0.15, 0.2) is 0 Å². The first-order chi connectivity index (χ1) is 8.94. The second-order valence-corrected chi connectivity index (χ2v) is 4.45. The van der Waals surface area contributed by atoms with Gasteiger partial charge < -0.3 is 15.4 Å². The molecule has 0 saturated heterocycles. The molecule has 1 aromatic heterocycles. The van der Waals surface area contributed by atoms with Crippen LogP contribution in [0.25, 0.3) is 0 Å². The largest absolute Gasteiger partial charge is 0.478 e. The van der Waals surface area contributed by atoms with Crippen LogP contribution in [-0.4, -0.2) is 16.1 Å². The fraction of sp³-hybridized carbons (Fsp3) is 0.143. The lowest BCUT2D eigenvalue weighted by atomic mass is 10.1. The van der Waals surface area contributed by atoms with Crippen molar-refractivity contribution < 1.29 is 9.90 Å². The van der Waals surface area contributed by atoms with Crippen LogP contribution in [0, 0.1) is 13.8 Å². The molecule has 0 aliphatic carbocycles. The Hall–Kier alpha value is -2.56. The number of benzene rings is 1. The second-order valence-electron chi connectivity index (χ2n) is 4.45. The van der Waals surface area contributed by atoms with Gasteiger partial charge in [-0.2, -0.15) is 0 Å². The zero-order valence-electron chi connectivity index (χ0n) is 10.7. The van der Waals surface area contributed by atoms with Gasteiger partial charge in [-0.3, -0.25) is 4.79 Å². The summed E-state index contributed by atoms with van der Waals surface area (Å²) in [6.07, 6.45) is 0. The first-order valence-electron chi connectivity index (χ1n) is 5.77. The zero-order chi connectivity index (χ0) is 14.0. The summed E-state index contributed by atoms with van der Waals surface area (Å²) in [5.74, 6) is -0.774. The number of anilines is 2.